The van der Waals surface area contributed by atoms with Gasteiger partial charge in [0.15, 0.2) is 0 Å². The number of phenolic OH excluding ortho intramolecular Hbond substituents is 1. The summed E-state index contributed by atoms with van der Waals surface area (Å²) < 4.78 is 1.13. The van der Waals surface area contributed by atoms with Crippen LogP contribution in [0.2, 0.25) is 0 Å². The van der Waals surface area contributed by atoms with Crippen molar-refractivity contribution >= 4 is 43.8 Å². The van der Waals surface area contributed by atoms with E-state index in [0.29, 0.717) is 15.7 Å². The molecule has 0 amide bonds. The lowest BCUT2D eigenvalue weighted by Gasteiger charge is -2.02. The molecule has 2 rings (SSSR count). The van der Waals surface area contributed by atoms with Crippen LogP contribution in [0.1, 0.15) is 5.56 Å². The van der Waals surface area contributed by atoms with E-state index in [4.69, 9.17) is 0 Å². The standard InChI is InChI=1S/C11H8Br2N4O2/c12-7-1-2-9(18)6(3-7)4-14-16-8-5-15-17-11(19)10(8)13/h1-5,18H,(H2,16,17,19)/b14-4+. The molecule has 19 heavy (non-hydrogen) atoms. The number of phenols is 1. The number of H-pyrrole nitrogens is 1. The molecule has 0 saturated carbocycles. The minimum atomic E-state index is -0.356. The molecule has 0 aliphatic heterocycles. The van der Waals surface area contributed by atoms with E-state index in [1.807, 2.05) is 0 Å². The molecule has 8 heteroatoms. The van der Waals surface area contributed by atoms with E-state index < -0.39 is 0 Å². The Kier molecular flexibility index (Phi) is 4.33. The molecule has 0 aliphatic rings. The normalized spacial score (nSPS) is 10.8. The first kappa shape index (κ1) is 13.8. The number of benzene rings is 1. The van der Waals surface area contributed by atoms with Crippen LogP contribution in [0.5, 0.6) is 5.75 Å². The zero-order valence-electron chi connectivity index (χ0n) is 9.39. The van der Waals surface area contributed by atoms with Gasteiger partial charge in [0.1, 0.15) is 10.2 Å². The van der Waals surface area contributed by atoms with E-state index >= 15 is 0 Å². The van der Waals surface area contributed by atoms with Crippen LogP contribution in [0.3, 0.4) is 0 Å². The molecule has 0 unspecified atom stereocenters. The van der Waals surface area contributed by atoms with Crippen molar-refractivity contribution in [2.24, 2.45) is 5.10 Å². The van der Waals surface area contributed by atoms with Gasteiger partial charge in [-0.25, -0.2) is 5.10 Å². The minimum Gasteiger partial charge on any atom is -0.507 e. The van der Waals surface area contributed by atoms with E-state index in [2.05, 4.69) is 52.6 Å². The summed E-state index contributed by atoms with van der Waals surface area (Å²) in [7, 11) is 0. The van der Waals surface area contributed by atoms with Gasteiger partial charge in [0.25, 0.3) is 5.56 Å². The average Bonchev–Trinajstić information content (AvgIpc) is 2.38. The van der Waals surface area contributed by atoms with E-state index in [0.717, 1.165) is 4.47 Å². The Morgan fingerprint density at radius 2 is 2.21 bits per heavy atom. The molecule has 6 nitrogen and oxygen atoms in total. The molecule has 0 aliphatic carbocycles. The monoisotopic (exact) mass is 386 g/mol. The highest BCUT2D eigenvalue weighted by atomic mass is 79.9. The van der Waals surface area contributed by atoms with Crippen LogP contribution in [-0.4, -0.2) is 21.5 Å². The lowest BCUT2D eigenvalue weighted by molar-refractivity contribution is 0.474. The first-order valence-corrected chi connectivity index (χ1v) is 6.67. The number of anilines is 1. The molecule has 1 heterocycles. The summed E-state index contributed by atoms with van der Waals surface area (Å²) >= 11 is 6.41. The molecule has 1 aromatic heterocycles. The Morgan fingerprint density at radius 3 is 3.00 bits per heavy atom. The van der Waals surface area contributed by atoms with Crippen molar-refractivity contribution < 1.29 is 5.11 Å². The van der Waals surface area contributed by atoms with Crippen LogP contribution in [0, 0.1) is 0 Å². The van der Waals surface area contributed by atoms with E-state index in [1.54, 1.807) is 18.2 Å². The van der Waals surface area contributed by atoms with Crippen LogP contribution >= 0.6 is 31.9 Å². The second kappa shape index (κ2) is 5.98. The highest BCUT2D eigenvalue weighted by molar-refractivity contribution is 9.10. The van der Waals surface area contributed by atoms with E-state index in [1.165, 1.54) is 12.4 Å². The number of aromatic amines is 1. The smallest absolute Gasteiger partial charge is 0.280 e. The molecule has 0 spiro atoms. The van der Waals surface area contributed by atoms with Crippen molar-refractivity contribution in [3.63, 3.8) is 0 Å². The summed E-state index contributed by atoms with van der Waals surface area (Å²) in [5.41, 5.74) is 3.27. The van der Waals surface area contributed by atoms with Crippen molar-refractivity contribution in [2.75, 3.05) is 5.43 Å². The molecule has 0 saturated heterocycles. The first-order chi connectivity index (χ1) is 9.08. The fraction of sp³-hybridized carbons (Fsp3) is 0. The number of hydrazone groups is 1. The van der Waals surface area contributed by atoms with Crippen LogP contribution in [0.4, 0.5) is 5.69 Å². The van der Waals surface area contributed by atoms with Crippen LogP contribution in [-0.2, 0) is 0 Å². The molecule has 98 valence electrons. The molecule has 1 aromatic carbocycles. The minimum absolute atomic E-state index is 0.108. The number of rotatable bonds is 3. The Balaban J connectivity index is 2.18. The molecular formula is C11H8Br2N4O2. The third kappa shape index (κ3) is 3.42. The fourth-order valence-electron chi connectivity index (χ4n) is 1.26. The Morgan fingerprint density at radius 1 is 1.42 bits per heavy atom. The Bertz CT molecular complexity index is 685. The van der Waals surface area contributed by atoms with Crippen LogP contribution < -0.4 is 11.0 Å². The third-order valence-electron chi connectivity index (χ3n) is 2.17. The second-order valence-corrected chi connectivity index (χ2v) is 5.21. The van der Waals surface area contributed by atoms with Crippen LogP contribution in [0.15, 0.2) is 43.2 Å². The maximum Gasteiger partial charge on any atom is 0.280 e. The molecule has 0 atom stereocenters. The Hall–Kier alpha value is -1.67. The number of hydrogen-bond acceptors (Lipinski definition) is 5. The lowest BCUT2D eigenvalue weighted by Crippen LogP contribution is -2.10. The molecule has 3 N–H and O–H groups in total. The van der Waals surface area contributed by atoms with Crippen molar-refractivity contribution in [2.45, 2.75) is 0 Å². The zero-order chi connectivity index (χ0) is 13.8. The number of halogens is 2. The van der Waals surface area contributed by atoms with Gasteiger partial charge in [0.2, 0.25) is 0 Å². The van der Waals surface area contributed by atoms with Crippen molar-refractivity contribution in [3.05, 3.63) is 49.3 Å². The molecule has 2 aromatic rings. The van der Waals surface area contributed by atoms with Crippen molar-refractivity contribution in [1.82, 2.24) is 10.2 Å². The fourth-order valence-corrected chi connectivity index (χ4v) is 1.92. The molecular weight excluding hydrogens is 380 g/mol. The highest BCUT2D eigenvalue weighted by Crippen LogP contribution is 2.20. The van der Waals surface area contributed by atoms with Gasteiger partial charge in [0, 0.05) is 10.0 Å². The van der Waals surface area contributed by atoms with Gasteiger partial charge in [-0.05, 0) is 34.1 Å². The van der Waals surface area contributed by atoms with Gasteiger partial charge in [-0.1, -0.05) is 15.9 Å². The summed E-state index contributed by atoms with van der Waals surface area (Å²) in [5, 5.41) is 19.5. The van der Waals surface area contributed by atoms with Gasteiger partial charge in [0.05, 0.1) is 18.1 Å². The summed E-state index contributed by atoms with van der Waals surface area (Å²) in [6.07, 6.45) is 2.86. The number of aromatic hydroxyl groups is 1. The third-order valence-corrected chi connectivity index (χ3v) is 3.45. The van der Waals surface area contributed by atoms with Crippen molar-refractivity contribution in [1.29, 1.82) is 0 Å². The number of hydrogen-bond donors (Lipinski definition) is 3. The SMILES string of the molecule is O=c1[nH]ncc(N/N=C/c2cc(Br)ccc2O)c1Br. The van der Waals surface area contributed by atoms with Crippen molar-refractivity contribution in [3.8, 4) is 5.75 Å². The quantitative estimate of drug-likeness (QED) is 0.557. The largest absolute Gasteiger partial charge is 0.507 e. The van der Waals surface area contributed by atoms with Crippen LogP contribution in [0.25, 0.3) is 0 Å². The van der Waals surface area contributed by atoms with Gasteiger partial charge in [-0.15, -0.1) is 0 Å². The predicted octanol–water partition coefficient (Wildman–Crippen LogP) is 2.45. The second-order valence-electron chi connectivity index (χ2n) is 3.50. The first-order valence-electron chi connectivity index (χ1n) is 5.08. The zero-order valence-corrected chi connectivity index (χ0v) is 12.6. The summed E-state index contributed by atoms with van der Waals surface area (Å²) in [6, 6.07) is 4.99. The number of nitrogens with one attached hydrogen (secondary N) is 2. The molecule has 0 radical (unpaired) electrons. The average molecular weight is 388 g/mol. The molecule has 0 fully saturated rings. The van der Waals surface area contributed by atoms with Gasteiger partial charge in [-0.2, -0.15) is 10.2 Å². The highest BCUT2D eigenvalue weighted by Gasteiger charge is 2.03. The molecule has 0 bridgehead atoms. The Labute approximate surface area is 124 Å². The van der Waals surface area contributed by atoms with Gasteiger partial charge >= 0.3 is 0 Å². The van der Waals surface area contributed by atoms with E-state index in [-0.39, 0.29) is 11.3 Å². The maximum absolute atomic E-state index is 11.3. The van der Waals surface area contributed by atoms with Gasteiger partial charge < -0.3 is 5.11 Å². The van der Waals surface area contributed by atoms with E-state index in [9.17, 15) is 9.90 Å². The topological polar surface area (TPSA) is 90.4 Å². The predicted molar refractivity (Wildman–Crippen MR) is 79.6 cm³/mol. The summed E-state index contributed by atoms with van der Waals surface area (Å²) in [5.74, 6) is 0.108. The lowest BCUT2D eigenvalue weighted by atomic mass is 10.2. The maximum atomic E-state index is 11.3. The summed E-state index contributed by atoms with van der Waals surface area (Å²) in [4.78, 5) is 11.3. The number of aromatic nitrogens is 2. The summed E-state index contributed by atoms with van der Waals surface area (Å²) in [6.45, 7) is 0. The van der Waals surface area contributed by atoms with Gasteiger partial charge in [-0.3, -0.25) is 10.2 Å². The number of nitrogens with zero attached hydrogens (tertiary/aromatic N) is 2.